The predicted octanol–water partition coefficient (Wildman–Crippen LogP) is 3.26. The number of aromatic nitrogens is 1. The van der Waals surface area contributed by atoms with Crippen LogP contribution < -0.4 is 10.6 Å². The van der Waals surface area contributed by atoms with Crippen molar-refractivity contribution in [3.63, 3.8) is 0 Å². The Morgan fingerprint density at radius 1 is 1.50 bits per heavy atom. The fraction of sp³-hybridized carbons (Fsp3) is 0.455. The van der Waals surface area contributed by atoms with Crippen LogP contribution in [0.4, 0.5) is 19.0 Å². The van der Waals surface area contributed by atoms with Crippen molar-refractivity contribution in [3.05, 3.63) is 22.3 Å². The first kappa shape index (κ1) is 17.1. The van der Waals surface area contributed by atoms with Crippen molar-refractivity contribution in [2.45, 2.75) is 12.4 Å². The number of nitrogens with zero attached hydrogens (tertiary/aromatic N) is 1. The van der Waals surface area contributed by atoms with E-state index in [0.717, 1.165) is 0 Å². The minimum absolute atomic E-state index is 0.0684. The highest BCUT2D eigenvalue weighted by Crippen LogP contribution is 2.29. The number of hydrogen-bond donors (Lipinski definition) is 2. The number of carbonyl (C=O) groups is 1. The van der Waals surface area contributed by atoms with Crippen LogP contribution in [0.25, 0.3) is 0 Å². The van der Waals surface area contributed by atoms with Crippen molar-refractivity contribution in [2.75, 3.05) is 24.2 Å². The molecule has 20 heavy (non-hydrogen) atoms. The summed E-state index contributed by atoms with van der Waals surface area (Å²) in [5.41, 5.74) is -3.99. The van der Waals surface area contributed by atoms with Gasteiger partial charge in [0.25, 0.3) is 5.91 Å². The number of hydrogen-bond acceptors (Lipinski definition) is 4. The smallest absolute Gasteiger partial charge is 0.370 e. The summed E-state index contributed by atoms with van der Waals surface area (Å²) in [4.78, 5) is 16.0. The van der Waals surface area contributed by atoms with Crippen LogP contribution in [0.5, 0.6) is 0 Å². The zero-order valence-electron chi connectivity index (χ0n) is 10.6. The predicted molar refractivity (Wildman–Crippen MR) is 76.9 cm³/mol. The number of anilines is 1. The van der Waals surface area contributed by atoms with E-state index in [9.17, 15) is 18.0 Å². The van der Waals surface area contributed by atoms with E-state index in [0.29, 0.717) is 22.4 Å². The number of thioether (sulfide) groups is 1. The zero-order valence-corrected chi connectivity index (χ0v) is 13.0. The molecule has 1 rings (SSSR count). The number of pyridine rings is 1. The molecule has 0 saturated carbocycles. The molecule has 112 valence electrons. The van der Waals surface area contributed by atoms with Crippen LogP contribution in [-0.2, 0) is 0 Å². The fourth-order valence-electron chi connectivity index (χ4n) is 1.35. The molecule has 0 spiro atoms. The van der Waals surface area contributed by atoms with E-state index in [1.54, 1.807) is 6.07 Å². The van der Waals surface area contributed by atoms with Crippen LogP contribution in [0.3, 0.4) is 0 Å². The summed E-state index contributed by atoms with van der Waals surface area (Å²) in [6.07, 6.45) is 1.54. The molecule has 0 aromatic carbocycles. The van der Waals surface area contributed by atoms with E-state index in [1.165, 1.54) is 6.20 Å². The van der Waals surface area contributed by atoms with E-state index in [4.69, 9.17) is 0 Å². The van der Waals surface area contributed by atoms with Crippen LogP contribution in [-0.4, -0.2) is 35.2 Å². The maximum absolute atomic E-state index is 11.9. The van der Waals surface area contributed by atoms with E-state index >= 15 is 0 Å². The van der Waals surface area contributed by atoms with Gasteiger partial charge in [0.1, 0.15) is 5.82 Å². The van der Waals surface area contributed by atoms with Gasteiger partial charge in [0.2, 0.25) is 0 Å². The summed E-state index contributed by atoms with van der Waals surface area (Å²) < 4.78 is 36.5. The molecule has 9 heteroatoms. The molecule has 0 bridgehead atoms. The van der Waals surface area contributed by atoms with Crippen LogP contribution >= 0.6 is 27.7 Å². The molecule has 0 aliphatic carbocycles. The van der Waals surface area contributed by atoms with Gasteiger partial charge < -0.3 is 10.6 Å². The Hall–Kier alpha value is -0.960. The number of nitrogens with one attached hydrogen (secondary N) is 2. The molecular weight excluding hydrogens is 359 g/mol. The second kappa shape index (κ2) is 7.72. The average Bonchev–Trinajstić information content (AvgIpc) is 2.35. The summed E-state index contributed by atoms with van der Waals surface area (Å²) in [6, 6.07) is 1.57. The highest BCUT2D eigenvalue weighted by Gasteiger charge is 2.27. The first-order valence-electron chi connectivity index (χ1n) is 5.71. The number of alkyl halides is 3. The lowest BCUT2D eigenvalue weighted by Gasteiger charge is -2.11. The van der Waals surface area contributed by atoms with Gasteiger partial charge in [0, 0.05) is 29.5 Å². The lowest BCUT2D eigenvalue weighted by atomic mass is 10.2. The summed E-state index contributed by atoms with van der Waals surface area (Å²) in [5, 5.41) is 5.36. The molecule has 1 aromatic heterocycles. The SMILES string of the molecule is CCNc1ncc(Br)cc1C(=O)NCCSC(F)(F)F. The third-order valence-corrected chi connectivity index (χ3v) is 3.27. The normalized spacial score (nSPS) is 11.2. The summed E-state index contributed by atoms with van der Waals surface area (Å²) in [5.74, 6) is -0.290. The lowest BCUT2D eigenvalue weighted by molar-refractivity contribution is -0.0327. The van der Waals surface area contributed by atoms with Gasteiger partial charge in [-0.25, -0.2) is 4.98 Å². The monoisotopic (exact) mass is 371 g/mol. The fourth-order valence-corrected chi connectivity index (χ4v) is 2.11. The minimum Gasteiger partial charge on any atom is -0.370 e. The lowest BCUT2D eigenvalue weighted by Crippen LogP contribution is -2.27. The average molecular weight is 372 g/mol. The third-order valence-electron chi connectivity index (χ3n) is 2.10. The zero-order chi connectivity index (χ0) is 15.2. The summed E-state index contributed by atoms with van der Waals surface area (Å²) >= 11 is 3.03. The van der Waals surface area contributed by atoms with Crippen molar-refractivity contribution < 1.29 is 18.0 Å². The Morgan fingerprint density at radius 2 is 2.20 bits per heavy atom. The molecule has 1 amide bonds. The molecule has 0 aliphatic heterocycles. The van der Waals surface area contributed by atoms with Gasteiger partial charge in [-0.3, -0.25) is 4.79 Å². The Labute approximate surface area is 127 Å². The van der Waals surface area contributed by atoms with Crippen molar-refractivity contribution >= 4 is 39.4 Å². The van der Waals surface area contributed by atoms with Crippen LogP contribution in [0, 0.1) is 0 Å². The Kier molecular flexibility index (Phi) is 6.60. The maximum atomic E-state index is 11.9. The Balaban J connectivity index is 2.60. The van der Waals surface area contributed by atoms with E-state index < -0.39 is 11.4 Å². The van der Waals surface area contributed by atoms with Crippen molar-refractivity contribution in [2.24, 2.45) is 0 Å². The molecule has 2 N–H and O–H groups in total. The van der Waals surface area contributed by atoms with Crippen molar-refractivity contribution in [1.82, 2.24) is 10.3 Å². The second-order valence-electron chi connectivity index (χ2n) is 3.63. The molecule has 4 nitrogen and oxygen atoms in total. The van der Waals surface area contributed by atoms with Crippen molar-refractivity contribution in [3.8, 4) is 0 Å². The van der Waals surface area contributed by atoms with E-state index in [-0.39, 0.29) is 24.1 Å². The first-order valence-corrected chi connectivity index (χ1v) is 7.49. The van der Waals surface area contributed by atoms with Crippen molar-refractivity contribution in [1.29, 1.82) is 0 Å². The van der Waals surface area contributed by atoms with Gasteiger partial charge in [-0.1, -0.05) is 0 Å². The van der Waals surface area contributed by atoms with E-state index in [1.807, 2.05) is 6.92 Å². The molecule has 0 aliphatic rings. The minimum atomic E-state index is -4.28. The highest BCUT2D eigenvalue weighted by atomic mass is 79.9. The van der Waals surface area contributed by atoms with Gasteiger partial charge in [0.15, 0.2) is 0 Å². The van der Waals surface area contributed by atoms with Gasteiger partial charge in [-0.2, -0.15) is 13.2 Å². The molecule has 0 saturated heterocycles. The molecule has 0 unspecified atom stereocenters. The largest absolute Gasteiger partial charge is 0.441 e. The number of carbonyl (C=O) groups excluding carboxylic acids is 1. The van der Waals surface area contributed by atoms with Gasteiger partial charge >= 0.3 is 5.51 Å². The molecule has 0 fully saturated rings. The van der Waals surface area contributed by atoms with Gasteiger partial charge in [-0.05, 0) is 40.7 Å². The van der Waals surface area contributed by atoms with Crippen LogP contribution in [0.1, 0.15) is 17.3 Å². The van der Waals surface area contributed by atoms with Crippen LogP contribution in [0.15, 0.2) is 16.7 Å². The summed E-state index contributed by atoms with van der Waals surface area (Å²) in [6.45, 7) is 2.37. The van der Waals surface area contributed by atoms with Gasteiger partial charge in [0.05, 0.1) is 5.56 Å². The number of halogens is 4. The van der Waals surface area contributed by atoms with Crippen LogP contribution in [0.2, 0.25) is 0 Å². The van der Waals surface area contributed by atoms with E-state index in [2.05, 4.69) is 31.5 Å². The molecular formula is C11H13BrF3N3OS. The first-order chi connectivity index (χ1) is 9.33. The molecule has 1 aromatic rings. The summed E-state index contributed by atoms with van der Waals surface area (Å²) in [7, 11) is 0. The Morgan fingerprint density at radius 3 is 2.80 bits per heavy atom. The Bertz CT molecular complexity index is 471. The number of amides is 1. The third kappa shape index (κ3) is 6.00. The second-order valence-corrected chi connectivity index (χ2v) is 5.71. The topological polar surface area (TPSA) is 54.0 Å². The number of rotatable bonds is 6. The molecule has 0 atom stereocenters. The molecule has 0 radical (unpaired) electrons. The molecule has 1 heterocycles. The quantitative estimate of drug-likeness (QED) is 0.753. The maximum Gasteiger partial charge on any atom is 0.441 e. The van der Waals surface area contributed by atoms with Gasteiger partial charge in [-0.15, -0.1) is 0 Å². The standard InChI is InChI=1S/C11H13BrF3N3OS/c1-2-16-9-8(5-7(12)6-18-9)10(19)17-3-4-20-11(13,14)15/h5-6H,2-4H2,1H3,(H,16,18)(H,17,19). The highest BCUT2D eigenvalue weighted by molar-refractivity contribution is 9.10.